The summed E-state index contributed by atoms with van der Waals surface area (Å²) in [5, 5.41) is 20.3. The summed E-state index contributed by atoms with van der Waals surface area (Å²) in [5.74, 6) is 0.594. The molecular formula is C30H43N3O6S. The molecule has 2 rings (SSSR count). The first kappa shape index (κ1) is 33.1. The van der Waals surface area contributed by atoms with Crippen molar-refractivity contribution >= 4 is 16.1 Å². The largest absolute Gasteiger partial charge is 0.497 e. The molecule has 2 aromatic rings. The molecule has 0 radical (unpaired) electrons. The highest BCUT2D eigenvalue weighted by molar-refractivity contribution is 7.89. The Labute approximate surface area is 239 Å². The zero-order chi connectivity index (χ0) is 30.3. The zero-order valence-electron chi connectivity index (χ0n) is 24.8. The molecule has 2 aromatic carbocycles. The maximum Gasteiger partial charge on any atom is 0.412 e. The van der Waals surface area contributed by atoms with Gasteiger partial charge in [-0.25, -0.2) is 13.2 Å². The van der Waals surface area contributed by atoms with Crippen molar-refractivity contribution in [3.63, 3.8) is 0 Å². The molecule has 220 valence electrons. The third-order valence-electron chi connectivity index (χ3n) is 6.08. The Morgan fingerprint density at radius 2 is 1.60 bits per heavy atom. The van der Waals surface area contributed by atoms with E-state index in [1.807, 2.05) is 13.8 Å². The van der Waals surface area contributed by atoms with Crippen LogP contribution < -0.4 is 4.74 Å². The van der Waals surface area contributed by atoms with Crippen LogP contribution in [0.2, 0.25) is 0 Å². The Kier molecular flexibility index (Phi) is 11.2. The first-order valence-corrected chi connectivity index (χ1v) is 14.8. The van der Waals surface area contributed by atoms with Gasteiger partial charge in [0.2, 0.25) is 10.0 Å². The molecule has 0 spiro atoms. The lowest BCUT2D eigenvalue weighted by Gasteiger charge is -2.41. The van der Waals surface area contributed by atoms with Gasteiger partial charge in [0.15, 0.2) is 0 Å². The Hall–Kier alpha value is -3.13. The molecule has 0 saturated carbocycles. The van der Waals surface area contributed by atoms with Gasteiger partial charge in [0.25, 0.3) is 0 Å². The van der Waals surface area contributed by atoms with Crippen molar-refractivity contribution in [2.45, 2.75) is 83.6 Å². The molecule has 1 atom stereocenters. The summed E-state index contributed by atoms with van der Waals surface area (Å²) < 4.78 is 39.6. The molecule has 10 heteroatoms. The highest BCUT2D eigenvalue weighted by atomic mass is 32.2. The number of hydrogen-bond donors (Lipinski definition) is 1. The lowest BCUT2D eigenvalue weighted by molar-refractivity contribution is -0.102. The lowest BCUT2D eigenvalue weighted by atomic mass is 9.99. The Balaban J connectivity index is 2.49. The van der Waals surface area contributed by atoms with Crippen molar-refractivity contribution in [2.75, 3.05) is 20.2 Å². The van der Waals surface area contributed by atoms with Crippen LogP contribution in [0.5, 0.6) is 5.75 Å². The highest BCUT2D eigenvalue weighted by Gasteiger charge is 2.38. The van der Waals surface area contributed by atoms with E-state index in [2.05, 4.69) is 6.07 Å². The van der Waals surface area contributed by atoms with E-state index in [4.69, 9.17) is 9.47 Å². The van der Waals surface area contributed by atoms with Gasteiger partial charge < -0.3 is 14.6 Å². The third-order valence-corrected chi connectivity index (χ3v) is 7.96. The fourth-order valence-electron chi connectivity index (χ4n) is 4.35. The van der Waals surface area contributed by atoms with Gasteiger partial charge in [0, 0.05) is 19.1 Å². The second kappa shape index (κ2) is 13.5. The normalized spacial score (nSPS) is 13.2. The van der Waals surface area contributed by atoms with Crippen molar-refractivity contribution in [1.82, 2.24) is 9.21 Å². The molecule has 0 unspecified atom stereocenters. The molecule has 1 N–H and O–H groups in total. The third kappa shape index (κ3) is 9.51. The SMILES string of the molecule is COc1ccc(S(=O)(=O)N(CC[C@H](Cc2ccc(C#N)cc2)N(C(=O)OC(C)(C)C)C(C)(C)O)CC(C)C)cc1. The van der Waals surface area contributed by atoms with Crippen LogP contribution in [0.1, 0.15) is 66.0 Å². The zero-order valence-corrected chi connectivity index (χ0v) is 25.7. The number of aliphatic hydroxyl groups is 1. The first-order valence-electron chi connectivity index (χ1n) is 13.4. The van der Waals surface area contributed by atoms with E-state index >= 15 is 0 Å². The molecule has 0 aromatic heterocycles. The number of rotatable bonds is 12. The number of carbonyl (C=O) groups is 1. The van der Waals surface area contributed by atoms with Crippen LogP contribution in [0.3, 0.4) is 0 Å². The Morgan fingerprint density at radius 3 is 2.05 bits per heavy atom. The highest BCUT2D eigenvalue weighted by Crippen LogP contribution is 2.27. The minimum absolute atomic E-state index is 0.0428. The number of carbonyl (C=O) groups excluding carboxylic acids is 1. The number of nitriles is 1. The molecule has 0 saturated heterocycles. The topological polar surface area (TPSA) is 120 Å². The summed E-state index contributed by atoms with van der Waals surface area (Å²) in [6.07, 6.45) is -0.162. The minimum atomic E-state index is -3.86. The van der Waals surface area contributed by atoms with E-state index in [1.54, 1.807) is 57.2 Å². The number of nitrogens with zero attached hydrogens (tertiary/aromatic N) is 3. The molecule has 0 heterocycles. The Bertz CT molecular complexity index is 1250. The van der Waals surface area contributed by atoms with Gasteiger partial charge in [-0.3, -0.25) is 4.90 Å². The predicted octanol–water partition coefficient (Wildman–Crippen LogP) is 5.18. The van der Waals surface area contributed by atoms with Crippen LogP contribution in [0.15, 0.2) is 53.4 Å². The van der Waals surface area contributed by atoms with E-state index in [-0.39, 0.29) is 30.3 Å². The molecule has 0 aliphatic heterocycles. The van der Waals surface area contributed by atoms with Crippen LogP contribution in [0.25, 0.3) is 0 Å². The lowest BCUT2D eigenvalue weighted by Crippen LogP contribution is -2.56. The molecule has 9 nitrogen and oxygen atoms in total. The van der Waals surface area contributed by atoms with Crippen molar-refractivity contribution in [2.24, 2.45) is 5.92 Å². The molecule has 1 amide bonds. The minimum Gasteiger partial charge on any atom is -0.497 e. The molecular weight excluding hydrogens is 530 g/mol. The number of ether oxygens (including phenoxy) is 2. The van der Waals surface area contributed by atoms with E-state index in [0.29, 0.717) is 17.7 Å². The number of hydrogen-bond acceptors (Lipinski definition) is 7. The van der Waals surface area contributed by atoms with Gasteiger partial charge in [0.1, 0.15) is 17.1 Å². The summed E-state index contributed by atoms with van der Waals surface area (Å²) in [4.78, 5) is 14.8. The van der Waals surface area contributed by atoms with Crippen LogP contribution in [-0.2, 0) is 21.2 Å². The summed E-state index contributed by atoms with van der Waals surface area (Å²) >= 11 is 0. The fourth-order valence-corrected chi connectivity index (χ4v) is 5.97. The van der Waals surface area contributed by atoms with E-state index in [0.717, 1.165) is 5.56 Å². The van der Waals surface area contributed by atoms with Crippen molar-refractivity contribution in [1.29, 1.82) is 5.26 Å². The quantitative estimate of drug-likeness (QED) is 0.347. The standard InChI is InChI=1S/C30H43N3O6S/c1-22(2)21-32(40(36,37)27-15-13-26(38-8)14-16-27)18-17-25(19-23-9-11-24(20-31)12-10-23)33(30(6,7)35)28(34)39-29(3,4)5/h9-16,22,25,35H,17-19,21H2,1-8H3/t25-/m1/s1. The van der Waals surface area contributed by atoms with Gasteiger partial charge in [-0.2, -0.15) is 9.57 Å². The number of sulfonamides is 1. The maximum atomic E-state index is 13.7. The predicted molar refractivity (Wildman–Crippen MR) is 154 cm³/mol. The summed E-state index contributed by atoms with van der Waals surface area (Å²) in [7, 11) is -2.35. The summed E-state index contributed by atoms with van der Waals surface area (Å²) in [6, 6.07) is 14.7. The second-order valence-corrected chi connectivity index (χ2v) is 13.7. The van der Waals surface area contributed by atoms with Gasteiger partial charge in [0.05, 0.1) is 23.6 Å². The van der Waals surface area contributed by atoms with E-state index in [9.17, 15) is 23.6 Å². The van der Waals surface area contributed by atoms with Crippen molar-refractivity contribution < 1.29 is 27.8 Å². The van der Waals surface area contributed by atoms with Gasteiger partial charge in [-0.1, -0.05) is 26.0 Å². The average Bonchev–Trinajstić information content (AvgIpc) is 2.84. The van der Waals surface area contributed by atoms with Crippen molar-refractivity contribution in [3.8, 4) is 11.8 Å². The van der Waals surface area contributed by atoms with Crippen LogP contribution in [0.4, 0.5) is 4.79 Å². The smallest absolute Gasteiger partial charge is 0.412 e. The maximum absolute atomic E-state index is 13.7. The van der Waals surface area contributed by atoms with Crippen LogP contribution >= 0.6 is 0 Å². The van der Waals surface area contributed by atoms with Gasteiger partial charge >= 0.3 is 6.09 Å². The number of amides is 1. The molecule has 0 aliphatic carbocycles. The molecule has 0 fully saturated rings. The molecule has 40 heavy (non-hydrogen) atoms. The van der Waals surface area contributed by atoms with Crippen LogP contribution in [-0.4, -0.2) is 66.4 Å². The average molecular weight is 574 g/mol. The molecule has 0 bridgehead atoms. The summed E-state index contributed by atoms with van der Waals surface area (Å²) in [6.45, 7) is 12.5. The monoisotopic (exact) mass is 573 g/mol. The van der Waals surface area contributed by atoms with Gasteiger partial charge in [-0.15, -0.1) is 0 Å². The fraction of sp³-hybridized carbons (Fsp3) is 0.533. The summed E-state index contributed by atoms with van der Waals surface area (Å²) in [5.41, 5.74) is -1.08. The number of methoxy groups -OCH3 is 1. The first-order chi connectivity index (χ1) is 18.5. The van der Waals surface area contributed by atoms with Gasteiger partial charge in [-0.05, 0) is 95.3 Å². The van der Waals surface area contributed by atoms with Crippen molar-refractivity contribution in [3.05, 3.63) is 59.7 Å². The Morgan fingerprint density at radius 1 is 1.02 bits per heavy atom. The molecule has 0 aliphatic rings. The second-order valence-electron chi connectivity index (χ2n) is 11.7. The van der Waals surface area contributed by atoms with E-state index in [1.165, 1.54) is 42.3 Å². The van der Waals surface area contributed by atoms with E-state index < -0.39 is 33.5 Å². The number of benzene rings is 2. The van der Waals surface area contributed by atoms with Crippen LogP contribution in [0, 0.1) is 17.2 Å².